The molecule has 0 radical (unpaired) electrons. The third-order valence-electron chi connectivity index (χ3n) is 5.01. The number of anilines is 2. The molecule has 2 amide bonds. The third kappa shape index (κ3) is 3.46. The van der Waals surface area contributed by atoms with Crippen LogP contribution in [-0.2, 0) is 9.59 Å². The van der Waals surface area contributed by atoms with E-state index in [9.17, 15) is 14.0 Å². The molecule has 0 spiro atoms. The number of aromatic nitrogens is 2. The minimum Gasteiger partial charge on any atom is -0.312 e. The molecular weight excluding hydrogens is 355 g/mol. The Balaban J connectivity index is 1.39. The van der Waals surface area contributed by atoms with Crippen LogP contribution < -0.4 is 10.2 Å². The average Bonchev–Trinajstić information content (AvgIpc) is 3.36. The van der Waals surface area contributed by atoms with E-state index in [4.69, 9.17) is 0 Å². The summed E-state index contributed by atoms with van der Waals surface area (Å²) in [6.45, 7) is 0.282. The summed E-state index contributed by atoms with van der Waals surface area (Å²) in [5, 5.41) is 12.5. The van der Waals surface area contributed by atoms with Crippen molar-refractivity contribution >= 4 is 34.0 Å². The summed E-state index contributed by atoms with van der Waals surface area (Å²) in [4.78, 5) is 26.3. The van der Waals surface area contributed by atoms with Crippen LogP contribution in [0.4, 0.5) is 15.2 Å². The van der Waals surface area contributed by atoms with Crippen LogP contribution >= 0.6 is 11.3 Å². The quantitative estimate of drug-likeness (QED) is 0.891. The maximum absolute atomic E-state index is 13.1. The molecule has 6 nitrogen and oxygen atoms in total. The first-order valence-electron chi connectivity index (χ1n) is 8.80. The summed E-state index contributed by atoms with van der Waals surface area (Å²) in [7, 11) is 0. The number of benzene rings is 1. The molecule has 4 rings (SSSR count). The topological polar surface area (TPSA) is 75.2 Å². The third-order valence-corrected chi connectivity index (χ3v) is 6.01. The fourth-order valence-corrected chi connectivity index (χ4v) is 4.50. The van der Waals surface area contributed by atoms with Gasteiger partial charge in [0.1, 0.15) is 10.8 Å². The van der Waals surface area contributed by atoms with Crippen molar-refractivity contribution in [1.82, 2.24) is 10.2 Å². The Kier molecular flexibility index (Phi) is 4.67. The molecule has 1 saturated heterocycles. The first-order valence-corrected chi connectivity index (χ1v) is 9.62. The van der Waals surface area contributed by atoms with Crippen molar-refractivity contribution in [3.63, 3.8) is 0 Å². The maximum Gasteiger partial charge on any atom is 0.231 e. The van der Waals surface area contributed by atoms with Crippen LogP contribution in [0.5, 0.6) is 0 Å². The molecule has 1 aliphatic carbocycles. The summed E-state index contributed by atoms with van der Waals surface area (Å²) >= 11 is 1.42. The second kappa shape index (κ2) is 7.11. The van der Waals surface area contributed by atoms with Gasteiger partial charge in [-0.15, -0.1) is 10.2 Å². The van der Waals surface area contributed by atoms with E-state index >= 15 is 0 Å². The van der Waals surface area contributed by atoms with Crippen LogP contribution in [0.15, 0.2) is 24.3 Å². The SMILES string of the molecule is O=C(Nc1nnc(C2CCCC2)s1)[C@@H]1CC(=O)N(c2ccc(F)cc2)C1. The molecule has 2 aromatic rings. The molecule has 2 aliphatic rings. The van der Waals surface area contributed by atoms with Gasteiger partial charge in [0.05, 0.1) is 5.92 Å². The van der Waals surface area contributed by atoms with Gasteiger partial charge in [-0.2, -0.15) is 0 Å². The van der Waals surface area contributed by atoms with Crippen LogP contribution in [-0.4, -0.2) is 28.6 Å². The van der Waals surface area contributed by atoms with Gasteiger partial charge in [0.2, 0.25) is 16.9 Å². The highest BCUT2D eigenvalue weighted by molar-refractivity contribution is 7.15. The highest BCUT2D eigenvalue weighted by Gasteiger charge is 2.35. The standard InChI is InChI=1S/C18H19FN4O2S/c19-13-5-7-14(8-6-13)23-10-12(9-15(23)24)16(25)20-18-22-21-17(26-18)11-3-1-2-4-11/h5-8,11-12H,1-4,9-10H2,(H,20,22,25)/t12-/m1/s1. The van der Waals surface area contributed by atoms with E-state index in [-0.39, 0.29) is 30.6 Å². The van der Waals surface area contributed by atoms with E-state index < -0.39 is 5.92 Å². The molecule has 8 heteroatoms. The number of carbonyl (C=O) groups is 2. The lowest BCUT2D eigenvalue weighted by atomic mass is 10.1. The first kappa shape index (κ1) is 17.1. The molecular formula is C18H19FN4O2S. The van der Waals surface area contributed by atoms with Gasteiger partial charge < -0.3 is 10.2 Å². The van der Waals surface area contributed by atoms with E-state index in [0.717, 1.165) is 17.8 Å². The lowest BCUT2D eigenvalue weighted by molar-refractivity contribution is -0.122. The number of hydrogen-bond donors (Lipinski definition) is 1. The summed E-state index contributed by atoms with van der Waals surface area (Å²) in [6, 6.07) is 5.71. The molecule has 0 bridgehead atoms. The predicted octanol–water partition coefficient (Wildman–Crippen LogP) is 3.33. The average molecular weight is 374 g/mol. The number of hydrogen-bond acceptors (Lipinski definition) is 5. The number of nitrogens with one attached hydrogen (secondary N) is 1. The van der Waals surface area contributed by atoms with Crippen molar-refractivity contribution < 1.29 is 14.0 Å². The predicted molar refractivity (Wildman–Crippen MR) is 96.6 cm³/mol. The van der Waals surface area contributed by atoms with Crippen LogP contribution in [0, 0.1) is 11.7 Å². The van der Waals surface area contributed by atoms with Crippen molar-refractivity contribution in [2.24, 2.45) is 5.92 Å². The van der Waals surface area contributed by atoms with Gasteiger partial charge in [-0.3, -0.25) is 9.59 Å². The molecule has 0 unspecified atom stereocenters. The Morgan fingerprint density at radius 2 is 1.92 bits per heavy atom. The molecule has 136 valence electrons. The van der Waals surface area contributed by atoms with Crippen molar-refractivity contribution in [2.45, 2.75) is 38.0 Å². The molecule has 1 N–H and O–H groups in total. The summed E-state index contributed by atoms with van der Waals surface area (Å²) in [5.74, 6) is -0.715. The number of amides is 2. The lowest BCUT2D eigenvalue weighted by Crippen LogP contribution is -2.28. The van der Waals surface area contributed by atoms with Crippen LogP contribution in [0.1, 0.15) is 43.0 Å². The Labute approximate surface area is 154 Å². The fraction of sp³-hybridized carbons (Fsp3) is 0.444. The lowest BCUT2D eigenvalue weighted by Gasteiger charge is -2.16. The molecule has 1 aliphatic heterocycles. The van der Waals surface area contributed by atoms with Gasteiger partial charge in [-0.05, 0) is 37.1 Å². The van der Waals surface area contributed by atoms with Gasteiger partial charge in [-0.1, -0.05) is 24.2 Å². The maximum atomic E-state index is 13.1. The van der Waals surface area contributed by atoms with Crippen LogP contribution in [0.25, 0.3) is 0 Å². The van der Waals surface area contributed by atoms with Crippen LogP contribution in [0.2, 0.25) is 0 Å². The minimum atomic E-state index is -0.452. The van der Waals surface area contributed by atoms with E-state index in [1.165, 1.54) is 41.2 Å². The Hall–Kier alpha value is -2.35. The highest BCUT2D eigenvalue weighted by Crippen LogP contribution is 2.36. The highest BCUT2D eigenvalue weighted by atomic mass is 32.1. The van der Waals surface area contributed by atoms with Gasteiger partial charge in [0.15, 0.2) is 0 Å². The Morgan fingerprint density at radius 3 is 2.65 bits per heavy atom. The van der Waals surface area contributed by atoms with Crippen LogP contribution in [0.3, 0.4) is 0 Å². The zero-order valence-corrected chi connectivity index (χ0v) is 15.0. The number of nitrogens with zero attached hydrogens (tertiary/aromatic N) is 3. The normalized spacial score (nSPS) is 20.7. The molecule has 2 heterocycles. The zero-order chi connectivity index (χ0) is 18.1. The van der Waals surface area contributed by atoms with Crippen molar-refractivity contribution in [1.29, 1.82) is 0 Å². The molecule has 1 saturated carbocycles. The molecule has 1 aromatic heterocycles. The fourth-order valence-electron chi connectivity index (χ4n) is 3.58. The Morgan fingerprint density at radius 1 is 1.19 bits per heavy atom. The van der Waals surface area contributed by atoms with Gasteiger partial charge >= 0.3 is 0 Å². The van der Waals surface area contributed by atoms with Gasteiger partial charge in [0, 0.05) is 24.6 Å². The van der Waals surface area contributed by atoms with E-state index in [2.05, 4.69) is 15.5 Å². The second-order valence-corrected chi connectivity index (χ2v) is 7.81. The number of carbonyl (C=O) groups excluding carboxylic acids is 2. The van der Waals surface area contributed by atoms with E-state index in [1.807, 2.05) is 0 Å². The van der Waals surface area contributed by atoms with E-state index in [0.29, 0.717) is 16.7 Å². The van der Waals surface area contributed by atoms with Gasteiger partial charge in [-0.25, -0.2) is 4.39 Å². The smallest absolute Gasteiger partial charge is 0.231 e. The zero-order valence-electron chi connectivity index (χ0n) is 14.2. The molecule has 1 atom stereocenters. The first-order chi connectivity index (χ1) is 12.6. The molecule has 1 aromatic carbocycles. The van der Waals surface area contributed by atoms with Crippen molar-refractivity contribution in [3.05, 3.63) is 35.1 Å². The summed E-state index contributed by atoms with van der Waals surface area (Å²) in [5.41, 5.74) is 0.603. The molecule has 2 fully saturated rings. The Bertz CT molecular complexity index is 817. The van der Waals surface area contributed by atoms with Gasteiger partial charge in [0.25, 0.3) is 0 Å². The number of rotatable bonds is 4. The van der Waals surface area contributed by atoms with E-state index in [1.54, 1.807) is 12.1 Å². The number of halogens is 1. The monoisotopic (exact) mass is 374 g/mol. The molecule has 26 heavy (non-hydrogen) atoms. The summed E-state index contributed by atoms with van der Waals surface area (Å²) < 4.78 is 13.1. The van der Waals surface area contributed by atoms with Crippen molar-refractivity contribution in [2.75, 3.05) is 16.8 Å². The second-order valence-electron chi connectivity index (χ2n) is 6.80. The van der Waals surface area contributed by atoms with Crippen molar-refractivity contribution in [3.8, 4) is 0 Å². The minimum absolute atomic E-state index is 0.136. The largest absolute Gasteiger partial charge is 0.312 e. The summed E-state index contributed by atoms with van der Waals surface area (Å²) in [6.07, 6.45) is 4.83.